The van der Waals surface area contributed by atoms with E-state index in [1.165, 1.54) is 12.1 Å². The Bertz CT molecular complexity index is 789. The van der Waals surface area contributed by atoms with Gasteiger partial charge in [-0.1, -0.05) is 19.1 Å². The summed E-state index contributed by atoms with van der Waals surface area (Å²) >= 11 is 0. The SMILES string of the molecule is CCCNC(=O)c1ccccc1NS(=O)(=O)c1ccc(F)cc1. The fourth-order valence-corrected chi connectivity index (χ4v) is 3.00. The Labute approximate surface area is 134 Å². The number of carbonyl (C=O) groups is 1. The zero-order chi connectivity index (χ0) is 16.9. The molecule has 1 amide bonds. The van der Waals surface area contributed by atoms with Crippen molar-refractivity contribution in [2.45, 2.75) is 18.2 Å². The molecule has 0 aliphatic carbocycles. The standard InChI is InChI=1S/C16H17FN2O3S/c1-2-11-18-16(20)14-5-3-4-6-15(14)19-23(21,22)13-9-7-12(17)8-10-13/h3-10,19H,2,11H2,1H3,(H,18,20). The molecule has 0 saturated carbocycles. The van der Waals surface area contributed by atoms with Crippen molar-refractivity contribution in [1.82, 2.24) is 5.32 Å². The van der Waals surface area contributed by atoms with Crippen molar-refractivity contribution in [3.05, 3.63) is 59.9 Å². The van der Waals surface area contributed by atoms with E-state index in [0.29, 0.717) is 6.54 Å². The molecule has 0 unspecified atom stereocenters. The van der Waals surface area contributed by atoms with Crippen molar-refractivity contribution in [3.8, 4) is 0 Å². The minimum Gasteiger partial charge on any atom is -0.352 e. The minimum absolute atomic E-state index is 0.0809. The van der Waals surface area contributed by atoms with Crippen LogP contribution in [-0.2, 0) is 10.0 Å². The lowest BCUT2D eigenvalue weighted by Gasteiger charge is -2.12. The number of hydrogen-bond donors (Lipinski definition) is 2. The van der Waals surface area contributed by atoms with Crippen LogP contribution in [0.25, 0.3) is 0 Å². The zero-order valence-corrected chi connectivity index (χ0v) is 13.4. The first-order valence-electron chi connectivity index (χ1n) is 7.09. The summed E-state index contributed by atoms with van der Waals surface area (Å²) in [7, 11) is -3.90. The van der Waals surface area contributed by atoms with E-state index in [9.17, 15) is 17.6 Å². The summed E-state index contributed by atoms with van der Waals surface area (Å²) in [6.07, 6.45) is 0.773. The molecule has 0 atom stereocenters. The maximum atomic E-state index is 12.9. The van der Waals surface area contributed by atoms with Crippen molar-refractivity contribution in [2.75, 3.05) is 11.3 Å². The largest absolute Gasteiger partial charge is 0.352 e. The Morgan fingerprint density at radius 1 is 1.09 bits per heavy atom. The average molecular weight is 336 g/mol. The van der Waals surface area contributed by atoms with Crippen LogP contribution in [0.4, 0.5) is 10.1 Å². The van der Waals surface area contributed by atoms with Crippen LogP contribution in [0.1, 0.15) is 23.7 Å². The number of benzene rings is 2. The molecule has 0 aliphatic rings. The molecule has 0 aromatic heterocycles. The summed E-state index contributed by atoms with van der Waals surface area (Å²) in [4.78, 5) is 12.0. The van der Waals surface area contributed by atoms with Gasteiger partial charge in [-0.25, -0.2) is 12.8 Å². The van der Waals surface area contributed by atoms with Gasteiger partial charge in [-0.15, -0.1) is 0 Å². The number of rotatable bonds is 6. The van der Waals surface area contributed by atoms with E-state index in [0.717, 1.165) is 30.7 Å². The van der Waals surface area contributed by atoms with Crippen molar-refractivity contribution in [3.63, 3.8) is 0 Å². The van der Waals surface area contributed by atoms with E-state index in [4.69, 9.17) is 0 Å². The molecule has 5 nitrogen and oxygen atoms in total. The predicted molar refractivity (Wildman–Crippen MR) is 86.3 cm³/mol. The summed E-state index contributed by atoms with van der Waals surface area (Å²) < 4.78 is 40.0. The minimum atomic E-state index is -3.90. The molecular formula is C16H17FN2O3S. The van der Waals surface area contributed by atoms with E-state index in [-0.39, 0.29) is 22.1 Å². The highest BCUT2D eigenvalue weighted by atomic mass is 32.2. The van der Waals surface area contributed by atoms with Crippen molar-refractivity contribution >= 4 is 21.6 Å². The van der Waals surface area contributed by atoms with E-state index in [2.05, 4.69) is 10.0 Å². The summed E-state index contributed by atoms with van der Waals surface area (Å²) in [6, 6.07) is 10.8. The van der Waals surface area contributed by atoms with Crippen molar-refractivity contribution < 1.29 is 17.6 Å². The molecular weight excluding hydrogens is 319 g/mol. The van der Waals surface area contributed by atoms with Gasteiger partial charge in [0.1, 0.15) is 5.82 Å². The Morgan fingerprint density at radius 3 is 2.39 bits per heavy atom. The van der Waals surface area contributed by atoms with Crippen LogP contribution < -0.4 is 10.0 Å². The number of sulfonamides is 1. The molecule has 122 valence electrons. The van der Waals surface area contributed by atoms with Gasteiger partial charge in [-0.05, 0) is 42.8 Å². The van der Waals surface area contributed by atoms with E-state index >= 15 is 0 Å². The Kier molecular flexibility index (Phi) is 5.33. The molecule has 0 saturated heterocycles. The number of para-hydroxylation sites is 1. The Hall–Kier alpha value is -2.41. The highest BCUT2D eigenvalue weighted by Crippen LogP contribution is 2.20. The topological polar surface area (TPSA) is 75.3 Å². The van der Waals surface area contributed by atoms with Gasteiger partial charge in [0.25, 0.3) is 15.9 Å². The smallest absolute Gasteiger partial charge is 0.261 e. The van der Waals surface area contributed by atoms with Crippen LogP contribution in [0.2, 0.25) is 0 Å². The predicted octanol–water partition coefficient (Wildman–Crippen LogP) is 2.77. The van der Waals surface area contributed by atoms with E-state index in [1.54, 1.807) is 12.1 Å². The molecule has 2 aromatic carbocycles. The molecule has 0 fully saturated rings. The number of carbonyl (C=O) groups excluding carboxylic acids is 1. The average Bonchev–Trinajstić information content (AvgIpc) is 2.53. The second-order valence-corrected chi connectivity index (χ2v) is 6.54. The molecule has 0 heterocycles. The summed E-state index contributed by atoms with van der Waals surface area (Å²) in [5, 5.41) is 2.70. The van der Waals surface area contributed by atoms with Crippen LogP contribution in [0.5, 0.6) is 0 Å². The number of anilines is 1. The van der Waals surface area contributed by atoms with Crippen LogP contribution in [0, 0.1) is 5.82 Å². The van der Waals surface area contributed by atoms with Gasteiger partial charge < -0.3 is 5.32 Å². The number of nitrogens with one attached hydrogen (secondary N) is 2. The molecule has 2 N–H and O–H groups in total. The number of amides is 1. The third-order valence-corrected chi connectivity index (χ3v) is 4.46. The molecule has 0 aliphatic heterocycles. The highest BCUT2D eigenvalue weighted by molar-refractivity contribution is 7.92. The zero-order valence-electron chi connectivity index (χ0n) is 12.5. The monoisotopic (exact) mass is 336 g/mol. The van der Waals surface area contributed by atoms with Gasteiger partial charge in [-0.2, -0.15) is 0 Å². The second-order valence-electron chi connectivity index (χ2n) is 4.86. The molecule has 23 heavy (non-hydrogen) atoms. The summed E-state index contributed by atoms with van der Waals surface area (Å²) in [5.41, 5.74) is 0.400. The van der Waals surface area contributed by atoms with Gasteiger partial charge in [0.15, 0.2) is 0 Å². The summed E-state index contributed by atoms with van der Waals surface area (Å²) in [5.74, 6) is -0.882. The lowest BCUT2D eigenvalue weighted by molar-refractivity contribution is 0.0954. The molecule has 0 spiro atoms. The van der Waals surface area contributed by atoms with Crippen molar-refractivity contribution in [2.24, 2.45) is 0 Å². The normalized spacial score (nSPS) is 11.0. The van der Waals surface area contributed by atoms with Gasteiger partial charge >= 0.3 is 0 Å². The Balaban J connectivity index is 2.29. The third kappa shape index (κ3) is 4.29. The maximum Gasteiger partial charge on any atom is 0.261 e. The van der Waals surface area contributed by atoms with Gasteiger partial charge in [0.2, 0.25) is 0 Å². The molecule has 7 heteroatoms. The van der Waals surface area contributed by atoms with Crippen molar-refractivity contribution in [1.29, 1.82) is 0 Å². The first kappa shape index (κ1) is 17.0. The first-order valence-corrected chi connectivity index (χ1v) is 8.58. The lowest BCUT2D eigenvalue weighted by Crippen LogP contribution is -2.25. The van der Waals surface area contributed by atoms with Gasteiger partial charge in [0.05, 0.1) is 16.1 Å². The maximum absolute atomic E-state index is 12.9. The van der Waals surface area contributed by atoms with Gasteiger partial charge in [0, 0.05) is 6.54 Å². The lowest BCUT2D eigenvalue weighted by atomic mass is 10.1. The molecule has 0 radical (unpaired) electrons. The van der Waals surface area contributed by atoms with E-state index in [1.807, 2.05) is 6.92 Å². The highest BCUT2D eigenvalue weighted by Gasteiger charge is 2.18. The fraction of sp³-hybridized carbons (Fsp3) is 0.188. The third-order valence-electron chi connectivity index (χ3n) is 3.08. The van der Waals surface area contributed by atoms with Gasteiger partial charge in [-0.3, -0.25) is 9.52 Å². The molecule has 2 rings (SSSR count). The number of halogens is 1. The molecule has 0 bridgehead atoms. The second kappa shape index (κ2) is 7.23. The molecule has 2 aromatic rings. The Morgan fingerprint density at radius 2 is 1.74 bits per heavy atom. The van der Waals surface area contributed by atoms with Crippen LogP contribution in [-0.4, -0.2) is 20.9 Å². The quantitative estimate of drug-likeness (QED) is 0.852. The first-order chi connectivity index (χ1) is 10.9. The van der Waals surface area contributed by atoms with Crippen LogP contribution >= 0.6 is 0 Å². The number of hydrogen-bond acceptors (Lipinski definition) is 3. The van der Waals surface area contributed by atoms with E-state index < -0.39 is 15.8 Å². The van der Waals surface area contributed by atoms with Crippen LogP contribution in [0.15, 0.2) is 53.4 Å². The fourth-order valence-electron chi connectivity index (χ4n) is 1.92. The summed E-state index contributed by atoms with van der Waals surface area (Å²) in [6.45, 7) is 2.42. The van der Waals surface area contributed by atoms with Crippen LogP contribution in [0.3, 0.4) is 0 Å².